The number of hydrogen-bond acceptors (Lipinski definition) is 5. The predicted molar refractivity (Wildman–Crippen MR) is 86.1 cm³/mol. The minimum atomic E-state index is 0.334. The summed E-state index contributed by atoms with van der Waals surface area (Å²) in [5.41, 5.74) is 2.42. The summed E-state index contributed by atoms with van der Waals surface area (Å²) in [6.45, 7) is 7.17. The highest BCUT2D eigenvalue weighted by molar-refractivity contribution is 7.16. The van der Waals surface area contributed by atoms with Crippen LogP contribution in [0.3, 0.4) is 0 Å². The number of nitrogens with one attached hydrogen (secondary N) is 1. The zero-order chi connectivity index (χ0) is 14.8. The molecule has 1 N–H and O–H groups in total. The van der Waals surface area contributed by atoms with Crippen LogP contribution in [0.4, 0.5) is 5.69 Å². The van der Waals surface area contributed by atoms with Gasteiger partial charge in [-0.2, -0.15) is 9.61 Å². The minimum absolute atomic E-state index is 0.334. The molecule has 5 nitrogen and oxygen atoms in total. The van der Waals surface area contributed by atoms with Crippen LogP contribution in [-0.4, -0.2) is 26.4 Å². The number of nitrogens with zero attached hydrogens (tertiary/aromatic N) is 4. The molecular weight excluding hydrogens is 282 g/mol. The number of aryl methyl sites for hydroxylation is 1. The zero-order valence-electron chi connectivity index (χ0n) is 12.5. The van der Waals surface area contributed by atoms with Crippen LogP contribution in [0.15, 0.2) is 24.3 Å². The van der Waals surface area contributed by atoms with Crippen molar-refractivity contribution < 1.29 is 0 Å². The molecule has 0 spiro atoms. The molecule has 3 aromatic rings. The fourth-order valence-corrected chi connectivity index (χ4v) is 2.96. The van der Waals surface area contributed by atoms with Crippen molar-refractivity contribution in [2.24, 2.45) is 0 Å². The third-order valence-corrected chi connectivity index (χ3v) is 4.25. The van der Waals surface area contributed by atoms with Crippen LogP contribution in [0.1, 0.15) is 36.2 Å². The summed E-state index contributed by atoms with van der Waals surface area (Å²) in [4.78, 5) is 0.879. The normalized spacial score (nSPS) is 11.4. The van der Waals surface area contributed by atoms with Gasteiger partial charge in [0.15, 0.2) is 5.82 Å². The van der Waals surface area contributed by atoms with Gasteiger partial charge in [-0.3, -0.25) is 0 Å². The van der Waals surface area contributed by atoms with Gasteiger partial charge >= 0.3 is 0 Å². The van der Waals surface area contributed by atoms with Crippen LogP contribution in [0.25, 0.3) is 4.96 Å². The van der Waals surface area contributed by atoms with E-state index >= 15 is 0 Å². The Bertz CT molecular complexity index is 726. The van der Waals surface area contributed by atoms with E-state index in [4.69, 9.17) is 0 Å². The Hall–Kier alpha value is -1.95. The van der Waals surface area contributed by atoms with Crippen LogP contribution in [0.2, 0.25) is 0 Å². The largest absolute Gasteiger partial charge is 0.385 e. The number of rotatable bonds is 5. The first-order valence-corrected chi connectivity index (χ1v) is 7.96. The van der Waals surface area contributed by atoms with Gasteiger partial charge in [0, 0.05) is 24.6 Å². The summed E-state index contributed by atoms with van der Waals surface area (Å²) >= 11 is 1.61. The Morgan fingerprint density at radius 3 is 2.67 bits per heavy atom. The van der Waals surface area contributed by atoms with Gasteiger partial charge in [-0.05, 0) is 19.1 Å². The highest BCUT2D eigenvalue weighted by Gasteiger charge is 2.13. The molecule has 0 saturated carbocycles. The van der Waals surface area contributed by atoms with E-state index in [9.17, 15) is 0 Å². The van der Waals surface area contributed by atoms with Crippen molar-refractivity contribution in [3.05, 3.63) is 40.7 Å². The van der Waals surface area contributed by atoms with Crippen LogP contribution >= 0.6 is 11.3 Å². The SMILES string of the molecule is Cc1ccc(NCCc2nn3c(C(C)C)nnc3s2)cc1. The first-order chi connectivity index (χ1) is 10.1. The van der Waals surface area contributed by atoms with E-state index in [-0.39, 0.29) is 0 Å². The molecule has 0 radical (unpaired) electrons. The molecule has 3 rings (SSSR count). The van der Waals surface area contributed by atoms with Crippen molar-refractivity contribution in [3.63, 3.8) is 0 Å². The first kappa shape index (κ1) is 14.0. The fraction of sp³-hybridized carbons (Fsp3) is 0.400. The van der Waals surface area contributed by atoms with Crippen molar-refractivity contribution >= 4 is 22.0 Å². The lowest BCUT2D eigenvalue weighted by Gasteiger charge is -2.04. The number of aromatic nitrogens is 4. The van der Waals surface area contributed by atoms with Gasteiger partial charge in [0.2, 0.25) is 4.96 Å². The lowest BCUT2D eigenvalue weighted by molar-refractivity contribution is 0.717. The van der Waals surface area contributed by atoms with Crippen molar-refractivity contribution in [2.75, 3.05) is 11.9 Å². The predicted octanol–water partition coefficient (Wildman–Crippen LogP) is 3.27. The molecule has 2 heterocycles. The molecule has 0 atom stereocenters. The van der Waals surface area contributed by atoms with E-state index < -0.39 is 0 Å². The smallest absolute Gasteiger partial charge is 0.234 e. The first-order valence-electron chi connectivity index (χ1n) is 7.15. The maximum absolute atomic E-state index is 4.61. The summed E-state index contributed by atoms with van der Waals surface area (Å²) in [6, 6.07) is 8.43. The summed E-state index contributed by atoms with van der Waals surface area (Å²) < 4.78 is 1.87. The molecule has 2 aromatic heterocycles. The lowest BCUT2D eigenvalue weighted by atomic mass is 10.2. The second-order valence-corrected chi connectivity index (χ2v) is 6.49. The van der Waals surface area contributed by atoms with Crippen LogP contribution < -0.4 is 5.32 Å². The summed E-state index contributed by atoms with van der Waals surface area (Å²) in [5.74, 6) is 1.26. The maximum Gasteiger partial charge on any atom is 0.234 e. The molecule has 0 fully saturated rings. The zero-order valence-corrected chi connectivity index (χ0v) is 13.3. The van der Waals surface area contributed by atoms with Crippen molar-refractivity contribution in [2.45, 2.75) is 33.1 Å². The van der Waals surface area contributed by atoms with E-state index in [0.717, 1.165) is 34.4 Å². The molecule has 0 unspecified atom stereocenters. The Labute approximate surface area is 128 Å². The number of anilines is 1. The second kappa shape index (κ2) is 5.81. The monoisotopic (exact) mass is 301 g/mol. The van der Waals surface area contributed by atoms with Crippen molar-refractivity contribution in [3.8, 4) is 0 Å². The minimum Gasteiger partial charge on any atom is -0.385 e. The number of benzene rings is 1. The van der Waals surface area contributed by atoms with Gasteiger partial charge in [-0.25, -0.2) is 0 Å². The molecule has 0 aliphatic carbocycles. The van der Waals surface area contributed by atoms with Crippen LogP contribution in [-0.2, 0) is 6.42 Å². The molecule has 0 aliphatic heterocycles. The second-order valence-electron chi connectivity index (χ2n) is 5.45. The molecule has 0 bridgehead atoms. The van der Waals surface area contributed by atoms with E-state index in [1.807, 2.05) is 4.52 Å². The van der Waals surface area contributed by atoms with Gasteiger partial charge in [0.05, 0.1) is 0 Å². The summed E-state index contributed by atoms with van der Waals surface area (Å²) in [5, 5.41) is 17.5. The highest BCUT2D eigenvalue weighted by atomic mass is 32.1. The van der Waals surface area contributed by atoms with Crippen LogP contribution in [0.5, 0.6) is 0 Å². The van der Waals surface area contributed by atoms with Gasteiger partial charge in [-0.1, -0.05) is 42.9 Å². The van der Waals surface area contributed by atoms with Crippen molar-refractivity contribution in [1.29, 1.82) is 0 Å². The lowest BCUT2D eigenvalue weighted by Crippen LogP contribution is -2.05. The summed E-state index contributed by atoms with van der Waals surface area (Å²) in [7, 11) is 0. The molecule has 110 valence electrons. The molecule has 6 heteroatoms. The van der Waals surface area contributed by atoms with Gasteiger partial charge in [0.25, 0.3) is 0 Å². The van der Waals surface area contributed by atoms with E-state index in [1.54, 1.807) is 11.3 Å². The Balaban J connectivity index is 1.64. The van der Waals surface area contributed by atoms with Gasteiger partial charge in [0.1, 0.15) is 5.01 Å². The third-order valence-electron chi connectivity index (χ3n) is 3.29. The van der Waals surface area contributed by atoms with Crippen molar-refractivity contribution in [1.82, 2.24) is 19.8 Å². The maximum atomic E-state index is 4.61. The topological polar surface area (TPSA) is 55.1 Å². The molecule has 21 heavy (non-hydrogen) atoms. The Morgan fingerprint density at radius 2 is 1.95 bits per heavy atom. The fourth-order valence-electron chi connectivity index (χ4n) is 2.12. The quantitative estimate of drug-likeness (QED) is 0.786. The average molecular weight is 301 g/mol. The Kier molecular flexibility index (Phi) is 3.88. The van der Waals surface area contributed by atoms with Gasteiger partial charge < -0.3 is 5.32 Å². The van der Waals surface area contributed by atoms with E-state index in [2.05, 4.69) is 65.6 Å². The van der Waals surface area contributed by atoms with Gasteiger partial charge in [-0.15, -0.1) is 10.2 Å². The van der Waals surface area contributed by atoms with E-state index in [1.165, 1.54) is 5.56 Å². The van der Waals surface area contributed by atoms with E-state index in [0.29, 0.717) is 5.92 Å². The summed E-state index contributed by atoms with van der Waals surface area (Å²) in [6.07, 6.45) is 0.888. The third kappa shape index (κ3) is 3.05. The Morgan fingerprint density at radius 1 is 1.19 bits per heavy atom. The average Bonchev–Trinajstić information content (AvgIpc) is 3.00. The highest BCUT2D eigenvalue weighted by Crippen LogP contribution is 2.19. The molecule has 0 amide bonds. The van der Waals surface area contributed by atoms with Crippen LogP contribution in [0, 0.1) is 6.92 Å². The standard InChI is InChI=1S/C15H19N5S/c1-10(2)14-17-18-15-20(14)19-13(21-15)8-9-16-12-6-4-11(3)5-7-12/h4-7,10,16H,8-9H2,1-3H3. The number of hydrogen-bond donors (Lipinski definition) is 1. The number of fused-ring (bicyclic) bond motifs is 1. The molecule has 1 aromatic carbocycles. The molecular formula is C15H19N5S. The molecule has 0 aliphatic rings. The molecule has 0 saturated heterocycles.